The van der Waals surface area contributed by atoms with Gasteiger partial charge in [0.1, 0.15) is 5.52 Å². The summed E-state index contributed by atoms with van der Waals surface area (Å²) in [4.78, 5) is 18.2. The number of rotatable bonds is 3. The van der Waals surface area contributed by atoms with Gasteiger partial charge in [-0.2, -0.15) is 9.97 Å². The molecular weight excluding hydrogens is 228 g/mol. The lowest BCUT2D eigenvalue weighted by Crippen LogP contribution is -2.34. The number of nitrogens with zero attached hydrogens (tertiary/aromatic N) is 4. The molecule has 6 nitrogen and oxygen atoms in total. The molecule has 0 radical (unpaired) electrons. The molecule has 1 fully saturated rings. The Hall–Kier alpha value is -1.85. The molecule has 6 heteroatoms. The van der Waals surface area contributed by atoms with Crippen molar-refractivity contribution in [2.75, 3.05) is 17.2 Å². The summed E-state index contributed by atoms with van der Waals surface area (Å²) < 4.78 is 0. The van der Waals surface area contributed by atoms with E-state index in [0.717, 1.165) is 17.9 Å². The number of nitrogen functional groups attached to an aromatic ring is 1. The third-order valence-corrected chi connectivity index (χ3v) is 3.66. The maximum atomic E-state index is 5.77. The molecule has 2 aromatic heterocycles. The first-order chi connectivity index (χ1) is 8.79. The van der Waals surface area contributed by atoms with Gasteiger partial charge in [-0.05, 0) is 19.8 Å². The lowest BCUT2D eigenvalue weighted by molar-refractivity contribution is 0.615. The standard InChI is InChI=1S/C12H18N6/c1-2-18(8-5-3-4-6-8)11-9-10(15-7-14-9)16-12(13)17-11/h7-8H,2-6H2,1H3,(H3,13,14,15,16,17). The highest BCUT2D eigenvalue weighted by Crippen LogP contribution is 2.30. The van der Waals surface area contributed by atoms with Crippen molar-refractivity contribution in [1.29, 1.82) is 0 Å². The Morgan fingerprint density at radius 2 is 2.17 bits per heavy atom. The third-order valence-electron chi connectivity index (χ3n) is 3.66. The first kappa shape index (κ1) is 11.3. The maximum absolute atomic E-state index is 5.77. The fraction of sp³-hybridized carbons (Fsp3) is 0.583. The molecule has 1 aliphatic rings. The Labute approximate surface area is 106 Å². The maximum Gasteiger partial charge on any atom is 0.224 e. The molecule has 0 aromatic carbocycles. The van der Waals surface area contributed by atoms with Crippen LogP contribution in [0.1, 0.15) is 32.6 Å². The number of fused-ring (bicyclic) bond motifs is 1. The van der Waals surface area contributed by atoms with Crippen LogP contribution in [-0.2, 0) is 0 Å². The van der Waals surface area contributed by atoms with E-state index in [9.17, 15) is 0 Å². The van der Waals surface area contributed by atoms with E-state index in [4.69, 9.17) is 5.73 Å². The van der Waals surface area contributed by atoms with Crippen LogP contribution >= 0.6 is 0 Å². The summed E-state index contributed by atoms with van der Waals surface area (Å²) in [6.07, 6.45) is 6.70. The van der Waals surface area contributed by atoms with Crippen LogP contribution in [0, 0.1) is 0 Å². The minimum absolute atomic E-state index is 0.293. The normalized spacial score (nSPS) is 16.5. The fourth-order valence-corrected chi connectivity index (χ4v) is 2.84. The molecule has 18 heavy (non-hydrogen) atoms. The zero-order valence-corrected chi connectivity index (χ0v) is 10.6. The molecule has 1 aliphatic carbocycles. The van der Waals surface area contributed by atoms with Crippen molar-refractivity contribution in [2.45, 2.75) is 38.6 Å². The van der Waals surface area contributed by atoms with Gasteiger partial charge < -0.3 is 15.6 Å². The van der Waals surface area contributed by atoms with Gasteiger partial charge in [0, 0.05) is 12.6 Å². The number of aromatic nitrogens is 4. The Kier molecular flexibility index (Phi) is 2.77. The molecule has 1 saturated carbocycles. The summed E-state index contributed by atoms with van der Waals surface area (Å²) >= 11 is 0. The molecule has 2 aromatic rings. The van der Waals surface area contributed by atoms with Gasteiger partial charge in [0.2, 0.25) is 5.95 Å². The van der Waals surface area contributed by atoms with Gasteiger partial charge in [-0.3, -0.25) is 0 Å². The van der Waals surface area contributed by atoms with Crippen molar-refractivity contribution in [3.05, 3.63) is 6.33 Å². The van der Waals surface area contributed by atoms with Gasteiger partial charge in [-0.15, -0.1) is 0 Å². The molecule has 0 atom stereocenters. The summed E-state index contributed by atoms with van der Waals surface area (Å²) in [6.45, 7) is 3.08. The first-order valence-corrected chi connectivity index (χ1v) is 6.53. The monoisotopic (exact) mass is 246 g/mol. The number of imidazole rings is 1. The van der Waals surface area contributed by atoms with E-state index in [1.54, 1.807) is 6.33 Å². The minimum atomic E-state index is 0.293. The Bertz CT molecular complexity index is 542. The average molecular weight is 246 g/mol. The van der Waals surface area contributed by atoms with Gasteiger partial charge in [-0.1, -0.05) is 12.8 Å². The van der Waals surface area contributed by atoms with Crippen molar-refractivity contribution in [3.63, 3.8) is 0 Å². The molecular formula is C12H18N6. The average Bonchev–Trinajstić information content (AvgIpc) is 2.99. The smallest absolute Gasteiger partial charge is 0.224 e. The van der Waals surface area contributed by atoms with Gasteiger partial charge in [0.05, 0.1) is 6.33 Å². The largest absolute Gasteiger partial charge is 0.368 e. The molecule has 0 aliphatic heterocycles. The molecule has 3 rings (SSSR count). The van der Waals surface area contributed by atoms with Crippen molar-refractivity contribution < 1.29 is 0 Å². The van der Waals surface area contributed by atoms with E-state index in [0.29, 0.717) is 17.6 Å². The highest BCUT2D eigenvalue weighted by Gasteiger charge is 2.25. The number of nitrogens with one attached hydrogen (secondary N) is 1. The van der Waals surface area contributed by atoms with E-state index in [-0.39, 0.29) is 0 Å². The molecule has 0 bridgehead atoms. The molecule has 3 N–H and O–H groups in total. The molecule has 0 spiro atoms. The van der Waals surface area contributed by atoms with E-state index < -0.39 is 0 Å². The van der Waals surface area contributed by atoms with Crippen LogP contribution in [-0.4, -0.2) is 32.5 Å². The van der Waals surface area contributed by atoms with Crippen LogP contribution in [0.4, 0.5) is 11.8 Å². The summed E-state index contributed by atoms with van der Waals surface area (Å²) in [5.41, 5.74) is 7.31. The molecule has 0 amide bonds. The van der Waals surface area contributed by atoms with Gasteiger partial charge in [0.15, 0.2) is 11.5 Å². The lowest BCUT2D eigenvalue weighted by Gasteiger charge is -2.28. The second kappa shape index (κ2) is 4.44. The zero-order valence-electron chi connectivity index (χ0n) is 10.6. The van der Waals surface area contributed by atoms with Gasteiger partial charge in [0.25, 0.3) is 0 Å². The van der Waals surface area contributed by atoms with Crippen LogP contribution in [0.3, 0.4) is 0 Å². The SMILES string of the molecule is CCN(c1nc(N)nc2nc[nH]c12)C1CCCC1. The van der Waals surface area contributed by atoms with Crippen molar-refractivity contribution in [3.8, 4) is 0 Å². The van der Waals surface area contributed by atoms with Crippen LogP contribution in [0.15, 0.2) is 6.33 Å². The Morgan fingerprint density at radius 3 is 2.89 bits per heavy atom. The predicted molar refractivity (Wildman–Crippen MR) is 71.4 cm³/mol. The summed E-state index contributed by atoms with van der Waals surface area (Å²) in [7, 11) is 0. The fourth-order valence-electron chi connectivity index (χ4n) is 2.84. The van der Waals surface area contributed by atoms with Crippen molar-refractivity contribution in [2.24, 2.45) is 0 Å². The van der Waals surface area contributed by atoms with E-state index in [2.05, 4.69) is 31.8 Å². The molecule has 0 unspecified atom stereocenters. The highest BCUT2D eigenvalue weighted by molar-refractivity contribution is 5.84. The lowest BCUT2D eigenvalue weighted by atomic mass is 10.2. The second-order valence-corrected chi connectivity index (χ2v) is 4.73. The number of nitrogens with two attached hydrogens (primary N) is 1. The molecule has 2 heterocycles. The van der Waals surface area contributed by atoms with Crippen LogP contribution in [0.2, 0.25) is 0 Å². The van der Waals surface area contributed by atoms with E-state index in [1.807, 2.05) is 0 Å². The zero-order chi connectivity index (χ0) is 12.5. The molecule has 0 saturated heterocycles. The van der Waals surface area contributed by atoms with Crippen molar-refractivity contribution >= 4 is 22.9 Å². The Morgan fingerprint density at radius 1 is 1.39 bits per heavy atom. The topological polar surface area (TPSA) is 83.7 Å². The summed E-state index contributed by atoms with van der Waals surface area (Å²) in [5, 5.41) is 0. The summed E-state index contributed by atoms with van der Waals surface area (Å²) in [6, 6.07) is 0.566. The highest BCUT2D eigenvalue weighted by atomic mass is 15.2. The number of anilines is 2. The summed E-state index contributed by atoms with van der Waals surface area (Å²) in [5.74, 6) is 1.19. The third kappa shape index (κ3) is 1.77. The first-order valence-electron chi connectivity index (χ1n) is 6.53. The number of H-pyrrole nitrogens is 1. The van der Waals surface area contributed by atoms with Crippen LogP contribution in [0.5, 0.6) is 0 Å². The van der Waals surface area contributed by atoms with Gasteiger partial charge in [-0.25, -0.2) is 4.98 Å². The quantitative estimate of drug-likeness (QED) is 0.861. The van der Waals surface area contributed by atoms with Crippen molar-refractivity contribution in [1.82, 2.24) is 19.9 Å². The van der Waals surface area contributed by atoms with E-state index >= 15 is 0 Å². The molecule has 96 valence electrons. The number of aromatic amines is 1. The minimum Gasteiger partial charge on any atom is -0.368 e. The number of hydrogen-bond acceptors (Lipinski definition) is 5. The van der Waals surface area contributed by atoms with Crippen LogP contribution < -0.4 is 10.6 Å². The second-order valence-electron chi connectivity index (χ2n) is 4.73. The van der Waals surface area contributed by atoms with Crippen LogP contribution in [0.25, 0.3) is 11.2 Å². The Balaban J connectivity index is 2.07. The van der Waals surface area contributed by atoms with Gasteiger partial charge >= 0.3 is 0 Å². The number of hydrogen-bond donors (Lipinski definition) is 2. The van der Waals surface area contributed by atoms with E-state index in [1.165, 1.54) is 25.7 Å². The predicted octanol–water partition coefficient (Wildman–Crippen LogP) is 1.70.